The lowest BCUT2D eigenvalue weighted by Crippen LogP contribution is -2.29. The van der Waals surface area contributed by atoms with Gasteiger partial charge >= 0.3 is 0 Å². The molecule has 2 N–H and O–H groups in total. The zero-order valence-corrected chi connectivity index (χ0v) is 9.51. The minimum atomic E-state index is -0.365. The van der Waals surface area contributed by atoms with E-state index in [2.05, 4.69) is 10.3 Å². The maximum Gasteiger partial charge on any atom is 0.290 e. The third-order valence-corrected chi connectivity index (χ3v) is 2.18. The summed E-state index contributed by atoms with van der Waals surface area (Å²) in [4.78, 5) is 25.1. The lowest BCUT2D eigenvalue weighted by Gasteiger charge is -2.05. The van der Waals surface area contributed by atoms with Crippen molar-refractivity contribution in [2.45, 2.75) is 6.54 Å². The summed E-state index contributed by atoms with van der Waals surface area (Å²) in [5.41, 5.74) is -0.365. The molecule has 0 aliphatic carbocycles. The smallest absolute Gasteiger partial charge is 0.290 e. The van der Waals surface area contributed by atoms with Crippen molar-refractivity contribution in [3.63, 3.8) is 0 Å². The van der Waals surface area contributed by atoms with Crippen LogP contribution in [0, 0.1) is 0 Å². The maximum atomic E-state index is 11.4. The number of aromatic nitrogens is 1. The van der Waals surface area contributed by atoms with E-state index in [0.717, 1.165) is 0 Å². The number of amides is 1. The summed E-state index contributed by atoms with van der Waals surface area (Å²) in [7, 11) is 0. The van der Waals surface area contributed by atoms with E-state index in [1.165, 1.54) is 18.5 Å². The molecule has 94 valence electrons. The van der Waals surface area contributed by atoms with E-state index >= 15 is 0 Å². The number of H-pyrrole nitrogens is 1. The predicted octanol–water partition coefficient (Wildman–Crippen LogP) is 0.663. The standard InChI is InChI=1S/C12H12N2O4/c15-11(14-7-9-3-2-6-17-9)8-18-10-4-1-5-13-12(10)16/h1-6H,7-8H2,(H,13,16)(H,14,15). The number of nitrogens with one attached hydrogen (secondary N) is 2. The number of aromatic amines is 1. The SMILES string of the molecule is O=C(COc1ccc[nH]c1=O)NCc1ccco1. The normalized spacial score (nSPS) is 10.0. The lowest BCUT2D eigenvalue weighted by molar-refractivity contribution is -0.123. The molecule has 0 unspecified atom stereocenters. The van der Waals surface area contributed by atoms with Crippen molar-refractivity contribution >= 4 is 5.91 Å². The van der Waals surface area contributed by atoms with Crippen molar-refractivity contribution in [3.05, 3.63) is 52.8 Å². The number of rotatable bonds is 5. The Morgan fingerprint density at radius 3 is 3.00 bits per heavy atom. The second-order valence-corrected chi connectivity index (χ2v) is 3.51. The zero-order chi connectivity index (χ0) is 12.8. The summed E-state index contributed by atoms with van der Waals surface area (Å²) in [5, 5.41) is 2.60. The van der Waals surface area contributed by atoms with E-state index in [-0.39, 0.29) is 23.8 Å². The number of hydrogen-bond donors (Lipinski definition) is 2. The molecule has 0 aromatic carbocycles. The number of carbonyl (C=O) groups is 1. The number of carbonyl (C=O) groups excluding carboxylic acids is 1. The van der Waals surface area contributed by atoms with Crippen molar-refractivity contribution < 1.29 is 13.9 Å². The molecule has 0 spiro atoms. The fourth-order valence-corrected chi connectivity index (χ4v) is 1.31. The highest BCUT2D eigenvalue weighted by molar-refractivity contribution is 5.77. The van der Waals surface area contributed by atoms with Crippen LogP contribution in [0.3, 0.4) is 0 Å². The Morgan fingerprint density at radius 2 is 2.28 bits per heavy atom. The van der Waals surface area contributed by atoms with E-state index in [1.807, 2.05) is 0 Å². The highest BCUT2D eigenvalue weighted by Gasteiger charge is 2.05. The van der Waals surface area contributed by atoms with Crippen molar-refractivity contribution in [1.82, 2.24) is 10.3 Å². The number of furan rings is 1. The number of pyridine rings is 1. The average Bonchev–Trinajstić information content (AvgIpc) is 2.88. The molecule has 0 saturated carbocycles. The third kappa shape index (κ3) is 3.24. The summed E-state index contributed by atoms with van der Waals surface area (Å²) in [6.07, 6.45) is 3.02. The van der Waals surface area contributed by atoms with E-state index in [4.69, 9.17) is 9.15 Å². The summed E-state index contributed by atoms with van der Waals surface area (Å²) in [5.74, 6) is 0.446. The topological polar surface area (TPSA) is 84.3 Å². The summed E-state index contributed by atoms with van der Waals surface area (Å²) < 4.78 is 10.1. The van der Waals surface area contributed by atoms with Gasteiger partial charge in [0.1, 0.15) is 5.76 Å². The maximum absolute atomic E-state index is 11.4. The summed E-state index contributed by atoms with van der Waals surface area (Å²) in [6.45, 7) is 0.0775. The van der Waals surface area contributed by atoms with Gasteiger partial charge in [-0.25, -0.2) is 0 Å². The average molecular weight is 248 g/mol. The van der Waals surface area contributed by atoms with Gasteiger partial charge in [0.2, 0.25) is 0 Å². The molecule has 0 fully saturated rings. The highest BCUT2D eigenvalue weighted by atomic mass is 16.5. The van der Waals surface area contributed by atoms with Crippen molar-refractivity contribution in [1.29, 1.82) is 0 Å². The van der Waals surface area contributed by atoms with Gasteiger partial charge in [0, 0.05) is 6.20 Å². The Morgan fingerprint density at radius 1 is 1.39 bits per heavy atom. The molecule has 6 heteroatoms. The molecule has 2 rings (SSSR count). The third-order valence-electron chi connectivity index (χ3n) is 2.18. The molecule has 18 heavy (non-hydrogen) atoms. The zero-order valence-electron chi connectivity index (χ0n) is 9.51. The van der Waals surface area contributed by atoms with Crippen LogP contribution < -0.4 is 15.6 Å². The van der Waals surface area contributed by atoms with E-state index in [9.17, 15) is 9.59 Å². The van der Waals surface area contributed by atoms with Crippen LogP contribution in [0.4, 0.5) is 0 Å². The molecule has 2 heterocycles. The first-order chi connectivity index (χ1) is 8.75. The van der Waals surface area contributed by atoms with Crippen LogP contribution in [0.25, 0.3) is 0 Å². The number of ether oxygens (including phenoxy) is 1. The van der Waals surface area contributed by atoms with Gasteiger partial charge in [-0.15, -0.1) is 0 Å². The first-order valence-electron chi connectivity index (χ1n) is 5.35. The minimum absolute atomic E-state index is 0.116. The molecule has 2 aromatic heterocycles. The van der Waals surface area contributed by atoms with Crippen LogP contribution in [-0.2, 0) is 11.3 Å². The van der Waals surface area contributed by atoms with Gasteiger partial charge in [0.15, 0.2) is 12.4 Å². The second kappa shape index (κ2) is 5.72. The molecule has 6 nitrogen and oxygen atoms in total. The Hall–Kier alpha value is -2.50. The van der Waals surface area contributed by atoms with Gasteiger partial charge in [-0.05, 0) is 24.3 Å². The van der Waals surface area contributed by atoms with Crippen molar-refractivity contribution in [3.8, 4) is 5.75 Å². The van der Waals surface area contributed by atoms with Crippen molar-refractivity contribution in [2.75, 3.05) is 6.61 Å². The minimum Gasteiger partial charge on any atom is -0.478 e. The van der Waals surface area contributed by atoms with Crippen molar-refractivity contribution in [2.24, 2.45) is 0 Å². The Labute approximate surface area is 103 Å². The molecular formula is C12H12N2O4. The first kappa shape index (κ1) is 12.0. The molecule has 0 saturated heterocycles. The van der Waals surface area contributed by atoms with Gasteiger partial charge < -0.3 is 19.5 Å². The van der Waals surface area contributed by atoms with Gasteiger partial charge in [0.05, 0.1) is 12.8 Å². The van der Waals surface area contributed by atoms with E-state index in [1.54, 1.807) is 18.2 Å². The molecule has 0 bridgehead atoms. The molecular weight excluding hydrogens is 236 g/mol. The molecule has 1 amide bonds. The largest absolute Gasteiger partial charge is 0.478 e. The first-order valence-corrected chi connectivity index (χ1v) is 5.35. The van der Waals surface area contributed by atoms with Crippen LogP contribution >= 0.6 is 0 Å². The van der Waals surface area contributed by atoms with Gasteiger partial charge in [-0.3, -0.25) is 9.59 Å². The number of hydrogen-bond acceptors (Lipinski definition) is 4. The van der Waals surface area contributed by atoms with Gasteiger partial charge in [-0.2, -0.15) is 0 Å². The highest BCUT2D eigenvalue weighted by Crippen LogP contribution is 2.00. The predicted molar refractivity (Wildman–Crippen MR) is 63.1 cm³/mol. The molecule has 0 radical (unpaired) electrons. The molecule has 0 atom stereocenters. The molecule has 0 aliphatic rings. The van der Waals surface area contributed by atoms with Crippen LogP contribution in [0.5, 0.6) is 5.75 Å². The van der Waals surface area contributed by atoms with Gasteiger partial charge in [-0.1, -0.05) is 0 Å². The summed E-state index contributed by atoms with van der Waals surface area (Å²) >= 11 is 0. The second-order valence-electron chi connectivity index (χ2n) is 3.51. The molecule has 0 aliphatic heterocycles. The monoisotopic (exact) mass is 248 g/mol. The Balaban J connectivity index is 1.78. The summed E-state index contributed by atoms with van der Waals surface area (Å²) in [6, 6.07) is 6.61. The van der Waals surface area contributed by atoms with E-state index in [0.29, 0.717) is 12.3 Å². The van der Waals surface area contributed by atoms with E-state index < -0.39 is 0 Å². The van der Waals surface area contributed by atoms with Crippen LogP contribution in [-0.4, -0.2) is 17.5 Å². The fraction of sp³-hybridized carbons (Fsp3) is 0.167. The Kier molecular flexibility index (Phi) is 3.80. The quantitative estimate of drug-likeness (QED) is 0.814. The van der Waals surface area contributed by atoms with Crippen LogP contribution in [0.1, 0.15) is 5.76 Å². The van der Waals surface area contributed by atoms with Crippen LogP contribution in [0.15, 0.2) is 45.9 Å². The van der Waals surface area contributed by atoms with Gasteiger partial charge in [0.25, 0.3) is 11.5 Å². The lowest BCUT2D eigenvalue weighted by atomic mass is 10.4. The van der Waals surface area contributed by atoms with Crippen LogP contribution in [0.2, 0.25) is 0 Å². The Bertz CT molecular complexity index is 559. The molecule has 2 aromatic rings. The fourth-order valence-electron chi connectivity index (χ4n) is 1.31.